The molecule has 3 rings (SSSR count). The SMILES string of the molecule is CCCNc1nc(-c2cccc3ccsc23)c(Cl)cc1Cl. The maximum Gasteiger partial charge on any atom is 0.145 e. The summed E-state index contributed by atoms with van der Waals surface area (Å²) in [5.74, 6) is 0.687. The first kappa shape index (κ1) is 14.6. The van der Waals surface area contributed by atoms with Gasteiger partial charge in [0.2, 0.25) is 0 Å². The second-order valence-corrected chi connectivity index (χ2v) is 6.45. The zero-order valence-electron chi connectivity index (χ0n) is 11.5. The molecule has 108 valence electrons. The quantitative estimate of drug-likeness (QED) is 0.623. The maximum absolute atomic E-state index is 6.37. The average molecular weight is 337 g/mol. The van der Waals surface area contributed by atoms with Gasteiger partial charge in [-0.3, -0.25) is 0 Å². The number of halogens is 2. The molecule has 21 heavy (non-hydrogen) atoms. The molecule has 0 bridgehead atoms. The zero-order chi connectivity index (χ0) is 14.8. The van der Waals surface area contributed by atoms with Gasteiger partial charge in [0.1, 0.15) is 5.82 Å². The van der Waals surface area contributed by atoms with Crippen molar-refractivity contribution in [3.63, 3.8) is 0 Å². The molecule has 0 radical (unpaired) electrons. The summed E-state index contributed by atoms with van der Waals surface area (Å²) in [5.41, 5.74) is 1.82. The van der Waals surface area contributed by atoms with Crippen LogP contribution in [0, 0.1) is 0 Å². The van der Waals surface area contributed by atoms with Crippen molar-refractivity contribution in [1.29, 1.82) is 0 Å². The zero-order valence-corrected chi connectivity index (χ0v) is 13.8. The Labute approximate surface area is 137 Å². The van der Waals surface area contributed by atoms with E-state index in [1.807, 2.05) is 12.1 Å². The van der Waals surface area contributed by atoms with Gasteiger partial charge >= 0.3 is 0 Å². The van der Waals surface area contributed by atoms with Crippen molar-refractivity contribution in [3.8, 4) is 11.3 Å². The van der Waals surface area contributed by atoms with Gasteiger partial charge in [-0.1, -0.05) is 48.3 Å². The highest BCUT2D eigenvalue weighted by molar-refractivity contribution is 7.17. The molecule has 0 unspecified atom stereocenters. The van der Waals surface area contributed by atoms with Crippen LogP contribution in [0.5, 0.6) is 0 Å². The summed E-state index contributed by atoms with van der Waals surface area (Å²) in [7, 11) is 0. The lowest BCUT2D eigenvalue weighted by atomic mass is 10.1. The van der Waals surface area contributed by atoms with E-state index in [0.717, 1.165) is 24.2 Å². The summed E-state index contributed by atoms with van der Waals surface area (Å²) in [5, 5.41) is 7.65. The molecule has 0 aliphatic rings. The lowest BCUT2D eigenvalue weighted by molar-refractivity contribution is 0.970. The standard InChI is InChI=1S/C16H14Cl2N2S/c1-2-7-19-16-13(18)9-12(17)14(20-16)11-5-3-4-10-6-8-21-15(10)11/h3-6,8-9H,2,7H2,1H3,(H,19,20). The van der Waals surface area contributed by atoms with Gasteiger partial charge in [0.25, 0.3) is 0 Å². The third-order valence-corrected chi connectivity index (χ3v) is 4.75. The number of aromatic nitrogens is 1. The first-order valence-electron chi connectivity index (χ1n) is 6.77. The normalized spacial score (nSPS) is 11.0. The van der Waals surface area contributed by atoms with Crippen molar-refractivity contribution in [2.24, 2.45) is 0 Å². The predicted octanol–water partition coefficient (Wildman–Crippen LogP) is 6.09. The smallest absolute Gasteiger partial charge is 0.145 e. The van der Waals surface area contributed by atoms with Gasteiger partial charge in [-0.25, -0.2) is 4.98 Å². The lowest BCUT2D eigenvalue weighted by Gasteiger charge is -2.11. The first-order valence-corrected chi connectivity index (χ1v) is 8.40. The average Bonchev–Trinajstić information content (AvgIpc) is 2.95. The van der Waals surface area contributed by atoms with Crippen molar-refractivity contribution in [2.45, 2.75) is 13.3 Å². The largest absolute Gasteiger partial charge is 0.369 e. The Morgan fingerprint density at radius 1 is 1.19 bits per heavy atom. The van der Waals surface area contributed by atoms with Crippen LogP contribution in [-0.4, -0.2) is 11.5 Å². The van der Waals surface area contributed by atoms with E-state index in [4.69, 9.17) is 23.2 Å². The monoisotopic (exact) mass is 336 g/mol. The highest BCUT2D eigenvalue weighted by Gasteiger charge is 2.13. The number of hydrogen-bond acceptors (Lipinski definition) is 3. The number of pyridine rings is 1. The first-order chi connectivity index (χ1) is 10.2. The fourth-order valence-corrected chi connectivity index (χ4v) is 3.64. The topological polar surface area (TPSA) is 24.9 Å². The van der Waals surface area contributed by atoms with Crippen molar-refractivity contribution < 1.29 is 0 Å². The second-order valence-electron chi connectivity index (χ2n) is 4.72. The van der Waals surface area contributed by atoms with E-state index in [2.05, 4.69) is 34.7 Å². The van der Waals surface area contributed by atoms with Crippen molar-refractivity contribution >= 4 is 50.4 Å². The number of rotatable bonds is 4. The molecule has 0 aliphatic heterocycles. The maximum atomic E-state index is 6.37. The van der Waals surface area contributed by atoms with Gasteiger partial charge in [0.15, 0.2) is 0 Å². The van der Waals surface area contributed by atoms with Gasteiger partial charge in [-0.15, -0.1) is 11.3 Å². The number of fused-ring (bicyclic) bond motifs is 1. The molecular formula is C16H14Cl2N2S. The molecule has 0 fully saturated rings. The highest BCUT2D eigenvalue weighted by Crippen LogP contribution is 2.37. The van der Waals surface area contributed by atoms with E-state index in [0.29, 0.717) is 15.9 Å². The molecule has 2 nitrogen and oxygen atoms in total. The third kappa shape index (κ3) is 2.86. The fraction of sp³-hybridized carbons (Fsp3) is 0.188. The van der Waals surface area contributed by atoms with E-state index in [1.165, 1.54) is 10.1 Å². The number of thiophene rings is 1. The van der Waals surface area contributed by atoms with Crippen molar-refractivity contribution in [3.05, 3.63) is 45.8 Å². The molecule has 1 aromatic carbocycles. The third-order valence-electron chi connectivity index (χ3n) is 3.21. The Balaban J connectivity index is 2.15. The molecule has 2 heterocycles. The van der Waals surface area contributed by atoms with Gasteiger partial charge in [0.05, 0.1) is 15.7 Å². The second kappa shape index (κ2) is 6.22. The molecule has 0 atom stereocenters. The summed E-state index contributed by atoms with van der Waals surface area (Å²) in [6, 6.07) is 10.0. The summed E-state index contributed by atoms with van der Waals surface area (Å²) >= 11 is 14.3. The van der Waals surface area contributed by atoms with E-state index < -0.39 is 0 Å². The van der Waals surface area contributed by atoms with Gasteiger partial charge in [-0.05, 0) is 29.3 Å². The molecule has 0 saturated carbocycles. The number of hydrogen-bond donors (Lipinski definition) is 1. The summed E-state index contributed by atoms with van der Waals surface area (Å²) < 4.78 is 1.19. The van der Waals surface area contributed by atoms with Crippen LogP contribution in [0.1, 0.15) is 13.3 Å². The Morgan fingerprint density at radius 2 is 2.05 bits per heavy atom. The number of benzene rings is 1. The van der Waals surface area contributed by atoms with E-state index in [1.54, 1.807) is 17.4 Å². The lowest BCUT2D eigenvalue weighted by Crippen LogP contribution is -2.03. The Kier molecular flexibility index (Phi) is 4.34. The molecule has 0 spiro atoms. The van der Waals surface area contributed by atoms with Crippen LogP contribution >= 0.6 is 34.5 Å². The van der Waals surface area contributed by atoms with Crippen LogP contribution in [0.2, 0.25) is 10.0 Å². The van der Waals surface area contributed by atoms with Crippen LogP contribution in [0.25, 0.3) is 21.3 Å². The van der Waals surface area contributed by atoms with E-state index >= 15 is 0 Å². The van der Waals surface area contributed by atoms with Gasteiger partial charge in [-0.2, -0.15) is 0 Å². The van der Waals surface area contributed by atoms with Crippen molar-refractivity contribution in [2.75, 3.05) is 11.9 Å². The van der Waals surface area contributed by atoms with E-state index in [-0.39, 0.29) is 0 Å². The van der Waals surface area contributed by atoms with Crippen molar-refractivity contribution in [1.82, 2.24) is 4.98 Å². The molecular weight excluding hydrogens is 323 g/mol. The highest BCUT2D eigenvalue weighted by atomic mass is 35.5. The summed E-state index contributed by atoms with van der Waals surface area (Å²) in [6.07, 6.45) is 1.01. The number of anilines is 1. The van der Waals surface area contributed by atoms with Crippen LogP contribution in [0.4, 0.5) is 5.82 Å². The minimum atomic E-state index is 0.551. The molecule has 5 heteroatoms. The fourth-order valence-electron chi connectivity index (χ4n) is 2.20. The minimum Gasteiger partial charge on any atom is -0.369 e. The summed E-state index contributed by atoms with van der Waals surface area (Å²) in [4.78, 5) is 4.64. The van der Waals surface area contributed by atoms with Crippen LogP contribution in [0.15, 0.2) is 35.7 Å². The van der Waals surface area contributed by atoms with Crippen LogP contribution < -0.4 is 5.32 Å². The molecule has 1 N–H and O–H groups in total. The predicted molar refractivity (Wildman–Crippen MR) is 93.9 cm³/mol. The van der Waals surface area contributed by atoms with Gasteiger partial charge in [0, 0.05) is 16.8 Å². The minimum absolute atomic E-state index is 0.551. The molecule has 0 saturated heterocycles. The molecule has 3 aromatic rings. The molecule has 2 aromatic heterocycles. The van der Waals surface area contributed by atoms with Crippen LogP contribution in [-0.2, 0) is 0 Å². The molecule has 0 aliphatic carbocycles. The number of nitrogens with one attached hydrogen (secondary N) is 1. The molecule has 0 amide bonds. The van der Waals surface area contributed by atoms with E-state index in [9.17, 15) is 0 Å². The Hall–Kier alpha value is -1.29. The Bertz CT molecular complexity index is 783. The van der Waals surface area contributed by atoms with Gasteiger partial charge < -0.3 is 5.32 Å². The summed E-state index contributed by atoms with van der Waals surface area (Å²) in [6.45, 7) is 2.93. The van der Waals surface area contributed by atoms with Crippen LogP contribution in [0.3, 0.4) is 0 Å². The Morgan fingerprint density at radius 3 is 2.86 bits per heavy atom. The number of nitrogens with zero attached hydrogens (tertiary/aromatic N) is 1.